The van der Waals surface area contributed by atoms with Crippen molar-refractivity contribution >= 4 is 6.29 Å². The molecule has 0 saturated carbocycles. The number of hydrogen-bond donors (Lipinski definition) is 0. The predicted molar refractivity (Wildman–Crippen MR) is 85.3 cm³/mol. The van der Waals surface area contributed by atoms with E-state index < -0.39 is 0 Å². The van der Waals surface area contributed by atoms with Gasteiger partial charge in [0.25, 0.3) is 0 Å². The average molecular weight is 288 g/mol. The number of rotatable bonds is 9. The lowest BCUT2D eigenvalue weighted by molar-refractivity contribution is -0.117. The summed E-state index contributed by atoms with van der Waals surface area (Å²) in [5.74, 6) is 0.799. The molecule has 114 valence electrons. The maximum atomic E-state index is 11.1. The van der Waals surface area contributed by atoms with Crippen LogP contribution in [0.4, 0.5) is 0 Å². The zero-order chi connectivity index (χ0) is 15.7. The number of benzene rings is 1. The minimum atomic E-state index is -0.160. The van der Waals surface area contributed by atoms with Crippen LogP contribution in [0.3, 0.4) is 0 Å². The van der Waals surface area contributed by atoms with E-state index in [0.717, 1.165) is 17.6 Å². The summed E-state index contributed by atoms with van der Waals surface area (Å²) in [5.41, 5.74) is 1.05. The lowest BCUT2D eigenvalue weighted by Gasteiger charge is -2.25. The molecule has 0 aromatic heterocycles. The van der Waals surface area contributed by atoms with E-state index in [1.54, 1.807) is 13.2 Å². The summed E-state index contributed by atoms with van der Waals surface area (Å²) in [6.07, 6.45) is 6.40. The number of aldehydes is 1. The average Bonchev–Trinajstić information content (AvgIpc) is 2.53. The van der Waals surface area contributed by atoms with Gasteiger partial charge in [0.15, 0.2) is 0 Å². The molecule has 3 atom stereocenters. The first-order valence-corrected chi connectivity index (χ1v) is 7.11. The van der Waals surface area contributed by atoms with E-state index in [2.05, 4.69) is 6.58 Å². The maximum absolute atomic E-state index is 11.1. The molecule has 0 aliphatic carbocycles. The normalized spacial score (nSPS) is 15.4. The fourth-order valence-electron chi connectivity index (χ4n) is 2.14. The molecule has 0 saturated heterocycles. The van der Waals surface area contributed by atoms with Gasteiger partial charge in [-0.2, -0.15) is 0 Å². The third-order valence-corrected chi connectivity index (χ3v) is 3.40. The Morgan fingerprint density at radius 1 is 1.19 bits per heavy atom. The summed E-state index contributed by atoms with van der Waals surface area (Å²) in [6, 6.07) is 7.73. The number of methoxy groups -OCH3 is 1. The topological polar surface area (TPSA) is 35.5 Å². The Labute approximate surface area is 127 Å². The molecule has 3 unspecified atom stereocenters. The highest BCUT2D eigenvalue weighted by atomic mass is 16.5. The molecule has 3 nitrogen and oxygen atoms in total. The Morgan fingerprint density at radius 2 is 1.86 bits per heavy atom. The van der Waals surface area contributed by atoms with Gasteiger partial charge in [-0.15, -0.1) is 0 Å². The van der Waals surface area contributed by atoms with Crippen molar-refractivity contribution in [2.75, 3.05) is 7.11 Å². The zero-order valence-electron chi connectivity index (χ0n) is 13.0. The van der Waals surface area contributed by atoms with E-state index in [0.29, 0.717) is 6.61 Å². The highest BCUT2D eigenvalue weighted by molar-refractivity contribution is 5.54. The van der Waals surface area contributed by atoms with Crippen molar-refractivity contribution in [2.24, 2.45) is 11.8 Å². The lowest BCUT2D eigenvalue weighted by atomic mass is 9.93. The van der Waals surface area contributed by atoms with E-state index in [1.807, 2.05) is 50.3 Å². The fourth-order valence-corrected chi connectivity index (χ4v) is 2.14. The molecule has 0 bridgehead atoms. The minimum Gasteiger partial charge on any atom is -0.497 e. The van der Waals surface area contributed by atoms with Crippen LogP contribution in [0.25, 0.3) is 0 Å². The van der Waals surface area contributed by atoms with Gasteiger partial charge in [0.2, 0.25) is 0 Å². The van der Waals surface area contributed by atoms with Crippen LogP contribution in [-0.4, -0.2) is 19.5 Å². The molecule has 3 heteroatoms. The number of carbonyl (C=O) groups excluding carboxylic acids is 1. The summed E-state index contributed by atoms with van der Waals surface area (Å²) in [5, 5.41) is 0. The lowest BCUT2D eigenvalue weighted by Crippen LogP contribution is -2.29. The monoisotopic (exact) mass is 288 g/mol. The van der Waals surface area contributed by atoms with Crippen LogP contribution in [0.5, 0.6) is 5.75 Å². The molecule has 0 fully saturated rings. The van der Waals surface area contributed by atoms with Crippen LogP contribution in [0.2, 0.25) is 0 Å². The second-order valence-corrected chi connectivity index (χ2v) is 5.10. The zero-order valence-corrected chi connectivity index (χ0v) is 13.0. The van der Waals surface area contributed by atoms with E-state index in [1.165, 1.54) is 0 Å². The molecule has 21 heavy (non-hydrogen) atoms. The van der Waals surface area contributed by atoms with Crippen molar-refractivity contribution in [3.8, 4) is 5.75 Å². The van der Waals surface area contributed by atoms with Gasteiger partial charge in [0.1, 0.15) is 12.0 Å². The summed E-state index contributed by atoms with van der Waals surface area (Å²) in [4.78, 5) is 11.1. The van der Waals surface area contributed by atoms with Crippen LogP contribution >= 0.6 is 0 Å². The smallest absolute Gasteiger partial charge is 0.125 e. The molecule has 0 radical (unpaired) electrons. The molecule has 0 heterocycles. The summed E-state index contributed by atoms with van der Waals surface area (Å²) >= 11 is 0. The molecule has 0 aliphatic heterocycles. The third kappa shape index (κ3) is 5.56. The quantitative estimate of drug-likeness (QED) is 0.512. The van der Waals surface area contributed by atoms with Gasteiger partial charge in [-0.25, -0.2) is 0 Å². The summed E-state index contributed by atoms with van der Waals surface area (Å²) in [7, 11) is 1.64. The largest absolute Gasteiger partial charge is 0.497 e. The van der Waals surface area contributed by atoms with Gasteiger partial charge in [-0.05, 0) is 17.7 Å². The van der Waals surface area contributed by atoms with E-state index in [9.17, 15) is 4.79 Å². The highest BCUT2D eigenvalue weighted by Gasteiger charge is 2.22. The predicted octanol–water partition coefficient (Wildman–Crippen LogP) is 3.79. The molecular weight excluding hydrogens is 264 g/mol. The van der Waals surface area contributed by atoms with Crippen molar-refractivity contribution in [3.63, 3.8) is 0 Å². The highest BCUT2D eigenvalue weighted by Crippen LogP contribution is 2.20. The number of ether oxygens (including phenoxy) is 2. The Hall–Kier alpha value is -1.87. The Kier molecular flexibility index (Phi) is 7.48. The first-order chi connectivity index (χ1) is 10.1. The van der Waals surface area contributed by atoms with Gasteiger partial charge in [0, 0.05) is 11.8 Å². The molecule has 1 aromatic carbocycles. The SMILES string of the molecule is C=C/C=C/C(C)C(OCc1ccc(OC)cc1)C(C)C=O. The molecule has 0 aliphatic rings. The Morgan fingerprint density at radius 3 is 2.38 bits per heavy atom. The Balaban J connectivity index is 2.69. The van der Waals surface area contributed by atoms with E-state index >= 15 is 0 Å². The van der Waals surface area contributed by atoms with Gasteiger partial charge in [0.05, 0.1) is 19.8 Å². The second kappa shape index (κ2) is 9.14. The van der Waals surface area contributed by atoms with Crippen molar-refractivity contribution in [1.29, 1.82) is 0 Å². The maximum Gasteiger partial charge on any atom is 0.125 e. The van der Waals surface area contributed by atoms with Crippen molar-refractivity contribution in [1.82, 2.24) is 0 Å². The molecular formula is C18H24O3. The summed E-state index contributed by atoms with van der Waals surface area (Å²) < 4.78 is 11.1. The first kappa shape index (κ1) is 17.2. The van der Waals surface area contributed by atoms with Gasteiger partial charge in [-0.1, -0.05) is 50.8 Å². The molecule has 1 rings (SSSR count). The molecule has 0 spiro atoms. The second-order valence-electron chi connectivity index (χ2n) is 5.10. The first-order valence-electron chi connectivity index (χ1n) is 7.11. The van der Waals surface area contributed by atoms with Gasteiger partial charge < -0.3 is 14.3 Å². The van der Waals surface area contributed by atoms with Crippen LogP contribution in [-0.2, 0) is 16.1 Å². The van der Waals surface area contributed by atoms with E-state index in [4.69, 9.17) is 9.47 Å². The number of carbonyl (C=O) groups is 1. The van der Waals surface area contributed by atoms with Crippen molar-refractivity contribution in [3.05, 3.63) is 54.6 Å². The van der Waals surface area contributed by atoms with Crippen molar-refractivity contribution in [2.45, 2.75) is 26.6 Å². The Bertz CT molecular complexity index is 462. The molecule has 0 N–H and O–H groups in total. The van der Waals surface area contributed by atoms with Crippen LogP contribution in [0.15, 0.2) is 49.1 Å². The molecule has 1 aromatic rings. The number of allylic oxidation sites excluding steroid dienone is 2. The van der Waals surface area contributed by atoms with Crippen LogP contribution < -0.4 is 4.74 Å². The number of hydrogen-bond acceptors (Lipinski definition) is 3. The van der Waals surface area contributed by atoms with Crippen molar-refractivity contribution < 1.29 is 14.3 Å². The third-order valence-electron chi connectivity index (χ3n) is 3.40. The van der Waals surface area contributed by atoms with E-state index in [-0.39, 0.29) is 17.9 Å². The minimum absolute atomic E-state index is 0.140. The van der Waals surface area contributed by atoms with Crippen LogP contribution in [0, 0.1) is 11.8 Å². The molecule has 0 amide bonds. The van der Waals surface area contributed by atoms with Crippen LogP contribution in [0.1, 0.15) is 19.4 Å². The standard InChI is InChI=1S/C18H24O3/c1-5-6-7-14(2)18(15(3)12-19)21-13-16-8-10-17(20-4)11-9-16/h5-12,14-15,18H,1,13H2,2-4H3/b7-6+. The van der Waals surface area contributed by atoms with Gasteiger partial charge >= 0.3 is 0 Å². The summed E-state index contributed by atoms with van der Waals surface area (Å²) in [6.45, 7) is 8.05. The fraction of sp³-hybridized carbons (Fsp3) is 0.389. The van der Waals surface area contributed by atoms with Gasteiger partial charge in [-0.3, -0.25) is 0 Å².